The first-order valence-corrected chi connectivity index (χ1v) is 41.6. The Morgan fingerprint density at radius 1 is 0.391 bits per heavy atom. The first-order chi connectivity index (χ1) is 60.2. The van der Waals surface area contributed by atoms with Crippen LogP contribution in [0.15, 0.2) is 57.2 Å². The summed E-state index contributed by atoms with van der Waals surface area (Å²) in [7, 11) is 0. The molecule has 0 radical (unpaired) electrons. The molecule has 720 valence electrons. The molecule has 0 bridgehead atoms. The standard InChI is InChI=1S/C73H103N7O45S2.CH4/c1-20(85)75-34-38(90)51(27(16-81)111-66(34)110)115-72-49(101)45(97)56(60(124-72)64(106)107)120-69-37(78-23(4)88)41(93)53(29(18-83)114-69)117-71-48(100)44(96)55(59(123-71)62(103)79-74-14-8-11-33(89)80-25-9-6-7-10-31(25)127-32-13-12-24(126-5)15-26(32)80)119-67-35(76-21(2)86)39(91)54(30(19-84)112-67)118-73-50(102)46(98)57(61(125-73)65(108)109)121-68-36(77-22(3)87)40(92)52(28(17-82)113-68)116-70-47(99)42(94)43(95)58(122-70)63(104)105;/h6-7,9-10,12-13,15,27-30,34-61,66-74,81-84,90-102,110H,8,11,14,16-19H2,1-5H3,(H,75,85)(H,76,86)(H,77,87)(H,78,88)(H,79,103)(H,104,105)(H,106,107)(H,108,109);1H4/t27?,28?,29?,30?,34?,35?,36?,37?,38-,39-,40-,41-,42+,43-,44-,45-,46-,47?,48?,49?,50?,51-,52-,53-,54-,55-,56-,57-,58?,59?,60?,61?,66+,67-,68-,69-,70+,71+,72+,73+;/m0./s1. The Kier molecular flexibility index (Phi) is 36.0. The van der Waals surface area contributed by atoms with Crippen LogP contribution in [-0.4, -0.2) is 445 Å². The van der Waals surface area contributed by atoms with Crippen molar-refractivity contribution >= 4 is 88.2 Å². The molecule has 54 heteroatoms. The van der Waals surface area contributed by atoms with Crippen LogP contribution in [0.25, 0.3) is 0 Å². The van der Waals surface area contributed by atoms with Crippen LogP contribution in [0.5, 0.6) is 0 Å². The van der Waals surface area contributed by atoms with E-state index < -0.39 is 319 Å². The second-order valence-electron chi connectivity index (χ2n) is 30.8. The number of ether oxygens (including phenoxy) is 15. The zero-order chi connectivity index (χ0) is 92.9. The van der Waals surface area contributed by atoms with Crippen LogP contribution in [0.2, 0.25) is 0 Å². The van der Waals surface area contributed by atoms with Gasteiger partial charge >= 0.3 is 17.9 Å². The maximum absolute atomic E-state index is 14.9. The van der Waals surface area contributed by atoms with Gasteiger partial charge in [0, 0.05) is 55.3 Å². The second kappa shape index (κ2) is 44.7. The van der Waals surface area contributed by atoms with E-state index in [-0.39, 0.29) is 32.7 Å². The molecular formula is C74H107N7O45S2. The number of hydrogen-bond acceptors (Lipinski definition) is 45. The van der Waals surface area contributed by atoms with Gasteiger partial charge in [-0.1, -0.05) is 31.3 Å². The van der Waals surface area contributed by atoms with E-state index in [0.717, 1.165) is 42.4 Å². The number of aliphatic carboxylic acids is 3. The highest BCUT2D eigenvalue weighted by atomic mass is 32.2. The van der Waals surface area contributed by atoms with Crippen LogP contribution >= 0.6 is 23.5 Å². The highest BCUT2D eigenvalue weighted by Crippen LogP contribution is 2.50. The van der Waals surface area contributed by atoms with E-state index in [9.17, 15) is 150 Å². The largest absolute Gasteiger partial charge is 0.479 e. The number of hydrogen-bond donors (Lipinski definition) is 27. The molecule has 0 saturated carbocycles. The number of aliphatic hydroxyl groups is 18. The van der Waals surface area contributed by atoms with Gasteiger partial charge in [-0.2, -0.15) is 0 Å². The summed E-state index contributed by atoms with van der Waals surface area (Å²) < 4.78 is 86.6. The van der Waals surface area contributed by atoms with Crippen molar-refractivity contribution in [3.8, 4) is 0 Å². The van der Waals surface area contributed by atoms with Gasteiger partial charge in [0.15, 0.2) is 74.7 Å². The smallest absolute Gasteiger partial charge is 0.335 e. The lowest BCUT2D eigenvalue weighted by atomic mass is 9.93. The molecule has 2 aromatic carbocycles. The van der Waals surface area contributed by atoms with Crippen molar-refractivity contribution in [2.24, 2.45) is 0 Å². The summed E-state index contributed by atoms with van der Waals surface area (Å²) in [6.07, 6.45) is -79.7. The molecule has 52 nitrogen and oxygen atoms in total. The number of rotatable bonds is 32. The fourth-order valence-corrected chi connectivity index (χ4v) is 17.3. The monoisotopic (exact) mass is 1880 g/mol. The minimum Gasteiger partial charge on any atom is -0.479 e. The Labute approximate surface area is 733 Å². The SMILES string of the molecule is C.CSc1ccc2c(c1)N(C(=O)CCCNNC(=O)C1O[C@@H](O[C@H]3C(CO)O[C@@H](O[C@@H]4C(C(=O)O)O[C@@H](O[C@H]5C(CO)O[C@@H](O)C(NC(C)=O)[C@@H]5O)C(O)[C@@H]4O)C(NC(C)=O)[C@@H]3O)C(O)[C@H](O)[C@@H]1O[C@@H]1OC(CO)[C@H](O[C@@H]3OC(C(=O)O)[C@@H](O[C@@H]4OC(CO)[C@H](O[C@@H]5OC(C(=O)O)[C@@H](O)[C@@H](O)C5O)[C@@H](O)C4NC(C)=O)[C@@H](O)C3O)[C@@H](O)C1NC(C)=O)c1ccccc1S2. The molecule has 9 heterocycles. The van der Waals surface area contributed by atoms with E-state index in [1.807, 2.05) is 30.5 Å². The van der Waals surface area contributed by atoms with Crippen LogP contribution in [0.4, 0.5) is 11.4 Å². The summed E-state index contributed by atoms with van der Waals surface area (Å²) >= 11 is 2.89. The number of carbonyl (C=O) groups excluding carboxylic acids is 6. The number of benzene rings is 2. The number of carboxylic acids is 3. The summed E-state index contributed by atoms with van der Waals surface area (Å²) in [6, 6.07) is 5.00. The number of aliphatic hydroxyl groups excluding tert-OH is 18. The number of thioether (sulfide) groups is 1. The maximum atomic E-state index is 14.9. The van der Waals surface area contributed by atoms with Gasteiger partial charge in [0.2, 0.25) is 29.5 Å². The summed E-state index contributed by atoms with van der Waals surface area (Å²) in [6.45, 7) is -1.27. The molecule has 0 aliphatic carbocycles. The lowest BCUT2D eigenvalue weighted by molar-refractivity contribution is -0.381. The van der Waals surface area contributed by atoms with E-state index in [1.54, 1.807) is 23.1 Å². The fourth-order valence-electron chi connectivity index (χ4n) is 15.8. The van der Waals surface area contributed by atoms with Crippen LogP contribution in [-0.2, 0) is 114 Å². The van der Waals surface area contributed by atoms with Gasteiger partial charge in [-0.15, -0.1) is 11.8 Å². The lowest BCUT2D eigenvalue weighted by Crippen LogP contribution is -2.71. The van der Waals surface area contributed by atoms with Gasteiger partial charge < -0.3 is 200 Å². The first kappa shape index (κ1) is 103. The summed E-state index contributed by atoms with van der Waals surface area (Å²) in [4.78, 5) is 122. The number of hydrazine groups is 1. The zero-order valence-corrected chi connectivity index (χ0v) is 69.2. The summed E-state index contributed by atoms with van der Waals surface area (Å²) in [5.41, 5.74) is 6.14. The van der Waals surface area contributed by atoms with E-state index >= 15 is 0 Å². The maximum Gasteiger partial charge on any atom is 0.335 e. The van der Waals surface area contributed by atoms with Crippen LogP contribution in [0.1, 0.15) is 48.0 Å². The molecule has 40 atom stereocenters. The Morgan fingerprint density at radius 3 is 1.12 bits per heavy atom. The molecular weight excluding hydrogens is 1770 g/mol. The average molecular weight is 1880 g/mol. The van der Waals surface area contributed by atoms with Crippen LogP contribution < -0.4 is 37.0 Å². The number of fused-ring (bicyclic) bond motifs is 2. The zero-order valence-electron chi connectivity index (χ0n) is 67.5. The fraction of sp³-hybridized carbons (Fsp3) is 0.716. The molecule has 8 fully saturated rings. The van der Waals surface area contributed by atoms with E-state index in [2.05, 4.69) is 32.1 Å². The summed E-state index contributed by atoms with van der Waals surface area (Å²) in [5, 5.41) is 243. The predicted octanol–water partition coefficient (Wildman–Crippen LogP) is -13.0. The highest BCUT2D eigenvalue weighted by Gasteiger charge is 2.62. The molecule has 27 N–H and O–H groups in total. The normalized spacial score (nSPS) is 40.7. The Morgan fingerprint density at radius 2 is 0.734 bits per heavy atom. The average Bonchev–Trinajstić information content (AvgIpc) is 0.675. The van der Waals surface area contributed by atoms with Crippen LogP contribution in [0.3, 0.4) is 0 Å². The van der Waals surface area contributed by atoms with Crippen molar-refractivity contribution < 1.29 is 221 Å². The first-order valence-electron chi connectivity index (χ1n) is 39.5. The number of nitrogens with one attached hydrogen (secondary N) is 6. The van der Waals surface area contributed by atoms with Gasteiger partial charge in [-0.25, -0.2) is 19.8 Å². The predicted molar refractivity (Wildman–Crippen MR) is 413 cm³/mol. The molecule has 0 spiro atoms. The van der Waals surface area contributed by atoms with E-state index in [0.29, 0.717) is 11.4 Å². The molecule has 128 heavy (non-hydrogen) atoms. The molecule has 9 aliphatic rings. The molecule has 0 aromatic heterocycles. The lowest BCUT2D eigenvalue weighted by Gasteiger charge is -2.50. The minimum atomic E-state index is -2.57. The quantitative estimate of drug-likeness (QED) is 0.0184. The summed E-state index contributed by atoms with van der Waals surface area (Å²) in [5.74, 6) is -11.4. The third kappa shape index (κ3) is 22.6. The minimum absolute atomic E-state index is 0. The number of carboxylic acid groups (broad SMARTS) is 3. The van der Waals surface area contributed by atoms with Gasteiger partial charge in [-0.05, 0) is 43.0 Å². The third-order valence-electron chi connectivity index (χ3n) is 22.0. The number of nitrogens with zero attached hydrogens (tertiary/aromatic N) is 1. The Hall–Kier alpha value is -6.99. The van der Waals surface area contributed by atoms with Gasteiger partial charge in [0.05, 0.1) is 37.8 Å². The molecule has 9 aliphatic heterocycles. The number of amides is 6. The Bertz CT molecular complexity index is 4150. The van der Waals surface area contributed by atoms with Crippen molar-refractivity contribution in [2.45, 2.75) is 308 Å². The molecule has 11 rings (SSSR count). The van der Waals surface area contributed by atoms with Crippen molar-refractivity contribution in [3.63, 3.8) is 0 Å². The Balaban J connectivity index is 0.0000171. The van der Waals surface area contributed by atoms with Gasteiger partial charge in [0.25, 0.3) is 5.91 Å². The molecule has 2 aromatic rings. The van der Waals surface area contributed by atoms with Gasteiger partial charge in [-0.3, -0.25) is 39.1 Å². The number of anilines is 2. The van der Waals surface area contributed by atoms with E-state index in [4.69, 9.17) is 71.1 Å². The third-order valence-corrected chi connectivity index (χ3v) is 23.9. The number of para-hydroxylation sites is 1. The van der Waals surface area contributed by atoms with Gasteiger partial charge in [0.1, 0.15) is 171 Å². The van der Waals surface area contributed by atoms with Crippen molar-refractivity contribution in [3.05, 3.63) is 42.5 Å². The second-order valence-corrected chi connectivity index (χ2v) is 32.7. The highest BCUT2D eigenvalue weighted by molar-refractivity contribution is 8.00. The molecule has 16 unspecified atom stereocenters. The van der Waals surface area contributed by atoms with Crippen molar-refractivity contribution in [2.75, 3.05) is 44.1 Å². The van der Waals surface area contributed by atoms with Crippen molar-refractivity contribution in [1.29, 1.82) is 0 Å². The molecule has 6 amide bonds. The molecule has 8 saturated heterocycles. The topological polar surface area (TPSA) is 792 Å². The van der Waals surface area contributed by atoms with E-state index in [1.165, 1.54) is 23.5 Å². The van der Waals surface area contributed by atoms with Crippen LogP contribution in [0, 0.1) is 0 Å². The van der Waals surface area contributed by atoms with Crippen molar-refractivity contribution in [1.82, 2.24) is 32.1 Å². The number of carbonyl (C=O) groups is 9.